The number of nitrogens with one attached hydrogen (secondary N) is 1. The Bertz CT molecular complexity index is 1580. The lowest BCUT2D eigenvalue weighted by Crippen LogP contribution is -2.40. The van der Waals surface area contributed by atoms with Gasteiger partial charge in [0.05, 0.1) is 29.4 Å². The second kappa shape index (κ2) is 7.22. The van der Waals surface area contributed by atoms with Crippen LogP contribution in [0.4, 0.5) is 14.9 Å². The van der Waals surface area contributed by atoms with Crippen LogP contribution in [0.5, 0.6) is 5.88 Å². The van der Waals surface area contributed by atoms with Crippen molar-refractivity contribution in [3.63, 3.8) is 0 Å². The third-order valence-electron chi connectivity index (χ3n) is 6.68. The highest BCUT2D eigenvalue weighted by Gasteiger charge is 2.49. The van der Waals surface area contributed by atoms with Crippen LogP contribution in [-0.2, 0) is 0 Å². The molecule has 8 nitrogen and oxygen atoms in total. The van der Waals surface area contributed by atoms with Gasteiger partial charge in [0.15, 0.2) is 0 Å². The first-order chi connectivity index (χ1) is 16.5. The number of nitriles is 1. The first-order valence-corrected chi connectivity index (χ1v) is 10.8. The summed E-state index contributed by atoms with van der Waals surface area (Å²) in [5.41, 5.74) is 1.41. The summed E-state index contributed by atoms with van der Waals surface area (Å²) in [7, 11) is 0. The fourth-order valence-electron chi connectivity index (χ4n) is 5.19. The van der Waals surface area contributed by atoms with Gasteiger partial charge >= 0.3 is 11.7 Å². The van der Waals surface area contributed by atoms with Crippen LogP contribution in [0.3, 0.4) is 0 Å². The fraction of sp³-hybridized carbons (Fsp3) is 0.160. The van der Waals surface area contributed by atoms with E-state index >= 15 is 0 Å². The molecule has 2 N–H and O–H groups in total. The molecule has 1 fully saturated rings. The van der Waals surface area contributed by atoms with E-state index in [0.717, 1.165) is 0 Å². The summed E-state index contributed by atoms with van der Waals surface area (Å²) in [6, 6.07) is 17.0. The minimum Gasteiger partial charge on any atom is -0.493 e. The van der Waals surface area contributed by atoms with Gasteiger partial charge in [0.25, 0.3) is 0 Å². The van der Waals surface area contributed by atoms with Crippen LogP contribution in [0.15, 0.2) is 65.5 Å². The lowest BCUT2D eigenvalue weighted by molar-refractivity contribution is 0.198. The van der Waals surface area contributed by atoms with Gasteiger partial charge in [0, 0.05) is 23.0 Å². The van der Waals surface area contributed by atoms with Gasteiger partial charge in [-0.3, -0.25) is 4.57 Å². The number of aromatic hydroxyl groups is 1. The molecule has 0 saturated carbocycles. The number of anilines is 1. The topological polar surface area (TPSA) is 103 Å². The Kier molecular flexibility index (Phi) is 4.26. The van der Waals surface area contributed by atoms with Crippen LogP contribution < -0.4 is 11.0 Å². The van der Waals surface area contributed by atoms with E-state index in [1.54, 1.807) is 33.7 Å². The summed E-state index contributed by atoms with van der Waals surface area (Å²) in [6.45, 7) is 0.322. The normalized spacial score (nSPS) is 18.2. The van der Waals surface area contributed by atoms with Gasteiger partial charge in [-0.1, -0.05) is 24.3 Å². The zero-order valence-corrected chi connectivity index (χ0v) is 17.8. The molecule has 3 aromatic carbocycles. The largest absolute Gasteiger partial charge is 0.493 e. The number of benzene rings is 3. The van der Waals surface area contributed by atoms with Crippen LogP contribution >= 0.6 is 0 Å². The molecule has 2 amide bonds. The molecular weight excluding hydrogens is 437 g/mol. The average molecular weight is 455 g/mol. The molecule has 1 saturated heterocycles. The Labute approximate surface area is 192 Å². The van der Waals surface area contributed by atoms with E-state index in [4.69, 9.17) is 0 Å². The van der Waals surface area contributed by atoms with Gasteiger partial charge in [0.2, 0.25) is 5.88 Å². The van der Waals surface area contributed by atoms with Gasteiger partial charge < -0.3 is 15.3 Å². The molecular formula is C25H18FN5O3. The predicted octanol–water partition coefficient (Wildman–Crippen LogP) is 4.04. The molecule has 34 heavy (non-hydrogen) atoms. The molecule has 0 spiro atoms. The molecule has 2 bridgehead atoms. The molecule has 3 heterocycles. The van der Waals surface area contributed by atoms with E-state index in [2.05, 4.69) is 11.4 Å². The summed E-state index contributed by atoms with van der Waals surface area (Å²) in [5.74, 6) is -0.615. The van der Waals surface area contributed by atoms with Gasteiger partial charge in [0.1, 0.15) is 11.5 Å². The monoisotopic (exact) mass is 455 g/mol. The minimum absolute atomic E-state index is 0.216. The van der Waals surface area contributed by atoms with E-state index in [1.807, 2.05) is 12.1 Å². The molecule has 2 aliphatic heterocycles. The highest BCUT2D eigenvalue weighted by molar-refractivity contribution is 5.94. The molecule has 0 radical (unpaired) electrons. The van der Waals surface area contributed by atoms with Crippen LogP contribution in [-0.4, -0.2) is 31.7 Å². The number of fused-ring (bicyclic) bond motifs is 6. The highest BCUT2D eigenvalue weighted by atomic mass is 19.1. The van der Waals surface area contributed by atoms with E-state index < -0.39 is 11.9 Å². The molecule has 0 aliphatic carbocycles. The summed E-state index contributed by atoms with van der Waals surface area (Å²) in [5, 5.41) is 24.7. The van der Waals surface area contributed by atoms with Crippen molar-refractivity contribution in [3.05, 3.63) is 88.2 Å². The zero-order chi connectivity index (χ0) is 23.6. The van der Waals surface area contributed by atoms with Gasteiger partial charge in [-0.2, -0.15) is 5.26 Å². The number of imidazole rings is 1. The first kappa shape index (κ1) is 20.1. The smallest absolute Gasteiger partial charge is 0.336 e. The Balaban J connectivity index is 1.41. The van der Waals surface area contributed by atoms with Gasteiger partial charge in [-0.15, -0.1) is 0 Å². The summed E-state index contributed by atoms with van der Waals surface area (Å²) in [4.78, 5) is 27.9. The third kappa shape index (κ3) is 2.75. The third-order valence-corrected chi connectivity index (χ3v) is 6.68. The summed E-state index contributed by atoms with van der Waals surface area (Å²) in [6.07, 6.45) is 0.532. The Morgan fingerprint density at radius 2 is 1.82 bits per heavy atom. The number of amides is 2. The molecule has 168 valence electrons. The number of carbonyl (C=O) groups is 1. The molecule has 1 aromatic heterocycles. The molecule has 6 rings (SSSR count). The maximum absolute atomic E-state index is 13.4. The average Bonchev–Trinajstić information content (AvgIpc) is 3.51. The molecule has 2 aliphatic rings. The molecule has 9 heteroatoms. The highest BCUT2D eigenvalue weighted by Crippen LogP contribution is 2.49. The fourth-order valence-corrected chi connectivity index (χ4v) is 5.19. The zero-order valence-electron chi connectivity index (χ0n) is 17.8. The number of urea groups is 1. The number of hydrogen-bond donors (Lipinski definition) is 2. The van der Waals surface area contributed by atoms with Crippen molar-refractivity contribution in [3.8, 4) is 17.6 Å². The second-order valence-corrected chi connectivity index (χ2v) is 8.48. The predicted molar refractivity (Wildman–Crippen MR) is 122 cm³/mol. The van der Waals surface area contributed by atoms with Gasteiger partial charge in [-0.05, 0) is 42.8 Å². The SMILES string of the molecule is N#Cc1ccc(-n2c(O)c3n(c2=O)[C@H]2C[C@@H]3N(C(=O)Nc3ccc(F)cc3)C2)c2ccccc12. The van der Waals surface area contributed by atoms with Crippen molar-refractivity contribution < 1.29 is 14.3 Å². The quantitative estimate of drug-likeness (QED) is 0.476. The van der Waals surface area contributed by atoms with Crippen LogP contribution in [0.25, 0.3) is 16.5 Å². The van der Waals surface area contributed by atoms with Crippen LogP contribution in [0.1, 0.15) is 29.8 Å². The number of rotatable bonds is 2. The second-order valence-electron chi connectivity index (χ2n) is 8.48. The number of hydrogen-bond acceptors (Lipinski definition) is 4. The van der Waals surface area contributed by atoms with E-state index in [0.29, 0.717) is 46.4 Å². The van der Waals surface area contributed by atoms with Crippen LogP contribution in [0.2, 0.25) is 0 Å². The number of halogens is 1. The number of carbonyl (C=O) groups excluding carboxylic acids is 1. The van der Waals surface area contributed by atoms with Crippen molar-refractivity contribution >= 4 is 22.5 Å². The summed E-state index contributed by atoms with van der Waals surface area (Å²) >= 11 is 0. The van der Waals surface area contributed by atoms with Gasteiger partial charge in [-0.25, -0.2) is 18.5 Å². The first-order valence-electron chi connectivity index (χ1n) is 10.8. The van der Waals surface area contributed by atoms with Crippen LogP contribution in [0, 0.1) is 17.1 Å². The molecule has 4 aromatic rings. The molecule has 2 atom stereocenters. The van der Waals surface area contributed by atoms with E-state index in [-0.39, 0.29) is 23.6 Å². The van der Waals surface area contributed by atoms with Crippen molar-refractivity contribution in [2.24, 2.45) is 0 Å². The number of nitrogens with zero attached hydrogens (tertiary/aromatic N) is 4. The lowest BCUT2D eigenvalue weighted by Gasteiger charge is -2.27. The number of aromatic nitrogens is 2. The Morgan fingerprint density at radius 3 is 2.56 bits per heavy atom. The molecule has 0 unspecified atom stereocenters. The van der Waals surface area contributed by atoms with Crippen molar-refractivity contribution in [2.75, 3.05) is 11.9 Å². The number of likely N-dealkylation sites (tertiary alicyclic amines) is 1. The van der Waals surface area contributed by atoms with E-state index in [1.165, 1.54) is 28.8 Å². The minimum atomic E-state index is -0.468. The maximum Gasteiger partial charge on any atom is 0.336 e. The summed E-state index contributed by atoms with van der Waals surface area (Å²) < 4.78 is 16.0. The Hall–Kier alpha value is -4.58. The van der Waals surface area contributed by atoms with Crippen molar-refractivity contribution in [2.45, 2.75) is 18.5 Å². The standard InChI is InChI=1S/C25H18FN5O3/c26-15-6-8-16(9-7-15)28-24(33)29-13-17-11-21(29)22-23(32)31(25(34)30(17)22)20-10-5-14(12-27)18-3-1-2-4-19(18)20/h1-10,17,21,32H,11,13H2,(H,28,33)/t17-,21-/m0/s1. The van der Waals surface area contributed by atoms with Crippen molar-refractivity contribution in [1.82, 2.24) is 14.0 Å². The maximum atomic E-state index is 13.4. The lowest BCUT2D eigenvalue weighted by atomic mass is 10.0. The van der Waals surface area contributed by atoms with E-state index in [9.17, 15) is 24.3 Å². The Morgan fingerprint density at radius 1 is 1.09 bits per heavy atom. The van der Waals surface area contributed by atoms with Crippen molar-refractivity contribution in [1.29, 1.82) is 5.26 Å².